The third-order valence-electron chi connectivity index (χ3n) is 7.90. The van der Waals surface area contributed by atoms with Crippen molar-refractivity contribution in [2.24, 2.45) is 43.8 Å². The molecular formula is C64H112N8O. The van der Waals surface area contributed by atoms with Crippen LogP contribution in [0.2, 0.25) is 0 Å². The van der Waals surface area contributed by atoms with Gasteiger partial charge in [0.15, 0.2) is 5.78 Å². The van der Waals surface area contributed by atoms with Crippen molar-refractivity contribution in [3.8, 4) is 0 Å². The molecule has 1 aromatic carbocycles. The molecule has 9 nitrogen and oxygen atoms in total. The molecule has 0 atom stereocenters. The highest BCUT2D eigenvalue weighted by molar-refractivity contribution is 5.92. The third kappa shape index (κ3) is 71.3. The number of aromatic nitrogens is 8. The number of nitrogens with zero attached hydrogens (tertiary/aromatic N) is 6. The molecule has 3 fully saturated rings. The van der Waals surface area contributed by atoms with E-state index in [0.717, 1.165) is 11.3 Å². The lowest BCUT2D eigenvalue weighted by Crippen LogP contribution is -2.58. The second-order valence-corrected chi connectivity index (χ2v) is 28.4. The SMILES string of the molecule is CC(C)(C)C.CC(C)(C)C.CC(C)(C)C.CC(C)(C)C.CC(C)(C)C.CC(C)(C)C12CC(C1)C2.CC(C)(C)c1ccccc1.O=C1C=CC=CC1.c1ccncc1.c1cn[nH]c1.c1cn[nH]n1.c1cncnc1. The fourth-order valence-corrected chi connectivity index (χ4v) is 4.78. The van der Waals surface area contributed by atoms with Gasteiger partial charge in [-0.2, -0.15) is 20.5 Å². The second-order valence-electron chi connectivity index (χ2n) is 28.4. The number of carbonyl (C=O) groups is 1. The first-order chi connectivity index (χ1) is 33.0. The molecule has 0 amide bonds. The van der Waals surface area contributed by atoms with E-state index in [1.165, 1.54) is 31.2 Å². The van der Waals surface area contributed by atoms with Gasteiger partial charge in [0.2, 0.25) is 0 Å². The normalized spacial score (nSPS) is 15.7. The van der Waals surface area contributed by atoms with Crippen molar-refractivity contribution in [2.75, 3.05) is 0 Å². The zero-order valence-corrected chi connectivity index (χ0v) is 51.8. The molecule has 0 aliphatic heterocycles. The van der Waals surface area contributed by atoms with E-state index < -0.39 is 0 Å². The molecule has 4 aliphatic rings. The topological polar surface area (TPSA) is 126 Å². The molecular weight excluding hydrogens is 897 g/mol. The number of hydrogen-bond acceptors (Lipinski definition) is 7. The van der Waals surface area contributed by atoms with Crippen molar-refractivity contribution in [1.29, 1.82) is 0 Å². The molecule has 5 aromatic rings. The first-order valence-electron chi connectivity index (χ1n) is 26.2. The monoisotopic (exact) mass is 1010 g/mol. The maximum absolute atomic E-state index is 10.3. The van der Waals surface area contributed by atoms with Gasteiger partial charge in [0.25, 0.3) is 0 Å². The summed E-state index contributed by atoms with van der Waals surface area (Å²) in [6.07, 6.45) is 27.3. The molecule has 3 saturated carbocycles. The maximum Gasteiger partial charge on any atom is 0.159 e. The Bertz CT molecular complexity index is 1700. The average Bonchev–Trinajstić information content (AvgIpc) is 3.97. The second kappa shape index (κ2) is 38.5. The van der Waals surface area contributed by atoms with Gasteiger partial charge in [-0.05, 0) is 104 Å². The summed E-state index contributed by atoms with van der Waals surface area (Å²) in [5.74, 6) is 1.34. The predicted molar refractivity (Wildman–Crippen MR) is 319 cm³/mol. The summed E-state index contributed by atoms with van der Waals surface area (Å²) in [5.41, 5.74) is 5.59. The fourth-order valence-electron chi connectivity index (χ4n) is 4.78. The minimum absolute atomic E-state index is 0.197. The summed E-state index contributed by atoms with van der Waals surface area (Å²) in [6.45, 7) is 57.6. The number of pyridine rings is 1. The van der Waals surface area contributed by atoms with E-state index in [9.17, 15) is 4.79 Å². The van der Waals surface area contributed by atoms with Crippen LogP contribution in [0.3, 0.4) is 0 Å². The Morgan fingerprint density at radius 1 is 0.452 bits per heavy atom. The number of aromatic amines is 2. The zero-order valence-electron chi connectivity index (χ0n) is 51.8. The predicted octanol–water partition coefficient (Wildman–Crippen LogP) is 18.9. The molecule has 414 valence electrons. The number of allylic oxidation sites excluding steroid dienone is 4. The van der Waals surface area contributed by atoms with E-state index in [-0.39, 0.29) is 5.78 Å². The van der Waals surface area contributed by atoms with Gasteiger partial charge in [-0.1, -0.05) is 235 Å². The van der Waals surface area contributed by atoms with E-state index >= 15 is 0 Å². The van der Waals surface area contributed by atoms with E-state index in [0.29, 0.717) is 44.3 Å². The molecule has 0 saturated heterocycles. The van der Waals surface area contributed by atoms with Gasteiger partial charge in [0.1, 0.15) is 6.33 Å². The molecule has 4 heterocycles. The summed E-state index contributed by atoms with van der Waals surface area (Å²) >= 11 is 0. The van der Waals surface area contributed by atoms with Gasteiger partial charge in [0.05, 0.1) is 12.4 Å². The van der Waals surface area contributed by atoms with Crippen molar-refractivity contribution < 1.29 is 4.79 Å². The standard InChI is InChI=1S/C10H14.C9H16.C6H6O.C5H5N.5C5H12.C4H4N2.C3H4N2.C2H3N3/c1-10(2,3)9-7-5-4-6-8-9;1-8(2,3)9-4-7(5-9)6-9;7-6-4-2-1-3-5-6;1-2-4-6-5-3-1;5*1-5(2,3)4;1-2-5-4-6-3-1;2*1-2-4-5-3-1/h4-8H,1-3H3;7H,4-6H2,1-3H3;1-4H,5H2;1-5H;5*1-4H3;1-4H;1-3H,(H,4,5);1-2H,(H,3,4,5). The molecule has 2 bridgehead atoms. The number of H-pyrrole nitrogens is 2. The van der Waals surface area contributed by atoms with Crippen LogP contribution >= 0.6 is 0 Å². The molecule has 0 spiro atoms. The highest BCUT2D eigenvalue weighted by Gasteiger charge is 2.61. The lowest BCUT2D eigenvalue weighted by atomic mass is 9.37. The number of carbonyl (C=O) groups excluding carboxylic acids is 1. The summed E-state index contributed by atoms with van der Waals surface area (Å²) in [7, 11) is 0. The van der Waals surface area contributed by atoms with Gasteiger partial charge in [-0.25, -0.2) is 9.97 Å². The van der Waals surface area contributed by atoms with Crippen LogP contribution in [0.4, 0.5) is 0 Å². The van der Waals surface area contributed by atoms with E-state index in [1.807, 2.05) is 36.4 Å². The smallest absolute Gasteiger partial charge is 0.159 e. The molecule has 2 N–H and O–H groups in total. The Morgan fingerprint density at radius 3 is 0.973 bits per heavy atom. The maximum atomic E-state index is 10.3. The first kappa shape index (κ1) is 74.5. The van der Waals surface area contributed by atoms with Crippen LogP contribution < -0.4 is 0 Å². The van der Waals surface area contributed by atoms with Crippen LogP contribution in [0.25, 0.3) is 0 Å². The van der Waals surface area contributed by atoms with Gasteiger partial charge >= 0.3 is 0 Å². The van der Waals surface area contributed by atoms with E-state index in [2.05, 4.69) is 251 Å². The molecule has 0 radical (unpaired) electrons. The molecule has 9 heteroatoms. The van der Waals surface area contributed by atoms with Gasteiger partial charge in [0, 0.05) is 43.6 Å². The molecule has 4 aliphatic carbocycles. The quantitative estimate of drug-likeness (QED) is 0.158. The van der Waals surface area contributed by atoms with Crippen molar-refractivity contribution in [2.45, 2.75) is 211 Å². The van der Waals surface area contributed by atoms with Crippen molar-refractivity contribution in [3.05, 3.63) is 146 Å². The van der Waals surface area contributed by atoms with Gasteiger partial charge in [-0.3, -0.25) is 14.9 Å². The molecule has 73 heavy (non-hydrogen) atoms. The highest BCUT2D eigenvalue weighted by atomic mass is 16.1. The minimum Gasteiger partial charge on any atom is -0.295 e. The number of hydrogen-bond donors (Lipinski definition) is 2. The molecule has 0 unspecified atom stereocenters. The van der Waals surface area contributed by atoms with Crippen LogP contribution in [0.15, 0.2) is 141 Å². The number of benzene rings is 1. The lowest BCUT2D eigenvalue weighted by molar-refractivity contribution is -0.181. The average molecular weight is 1010 g/mol. The summed E-state index contributed by atoms with van der Waals surface area (Å²) in [6, 6.07) is 19.9. The Balaban J connectivity index is -0.000000359. The third-order valence-corrected chi connectivity index (χ3v) is 7.90. The summed E-state index contributed by atoms with van der Waals surface area (Å²) < 4.78 is 0. The van der Waals surface area contributed by atoms with Gasteiger partial charge in [-0.15, -0.1) is 0 Å². The largest absolute Gasteiger partial charge is 0.295 e. The van der Waals surface area contributed by atoms with Crippen LogP contribution in [-0.2, 0) is 10.2 Å². The Labute approximate surface area is 450 Å². The Morgan fingerprint density at radius 2 is 0.849 bits per heavy atom. The molecule has 9 rings (SSSR count). The lowest BCUT2D eigenvalue weighted by Gasteiger charge is -2.68. The Kier molecular flexibility index (Phi) is 39.3. The summed E-state index contributed by atoms with van der Waals surface area (Å²) in [5, 5.41) is 15.5. The number of ketones is 1. The van der Waals surface area contributed by atoms with Crippen molar-refractivity contribution in [1.82, 2.24) is 40.6 Å². The van der Waals surface area contributed by atoms with E-state index in [4.69, 9.17) is 0 Å². The number of rotatable bonds is 0. The summed E-state index contributed by atoms with van der Waals surface area (Å²) in [4.78, 5) is 21.5. The van der Waals surface area contributed by atoms with Crippen LogP contribution in [0.1, 0.15) is 211 Å². The first-order valence-corrected chi connectivity index (χ1v) is 26.2. The van der Waals surface area contributed by atoms with E-state index in [1.54, 1.807) is 67.8 Å². The van der Waals surface area contributed by atoms with Crippen LogP contribution in [0, 0.1) is 43.8 Å². The minimum atomic E-state index is 0.197. The van der Waals surface area contributed by atoms with Crippen LogP contribution in [-0.4, -0.2) is 46.3 Å². The molecule has 4 aromatic heterocycles. The van der Waals surface area contributed by atoms with Crippen molar-refractivity contribution >= 4 is 5.78 Å². The van der Waals surface area contributed by atoms with Gasteiger partial charge < -0.3 is 0 Å². The van der Waals surface area contributed by atoms with Crippen LogP contribution in [0.5, 0.6) is 0 Å². The van der Waals surface area contributed by atoms with Crippen molar-refractivity contribution in [3.63, 3.8) is 0 Å². The number of nitrogens with one attached hydrogen (secondary N) is 2. The Hall–Kier alpha value is -5.05. The highest BCUT2D eigenvalue weighted by Crippen LogP contribution is 2.71. The zero-order chi connectivity index (χ0) is 57.5. The fraction of sp³-hybridized carbons (Fsp3) is 0.609.